The lowest BCUT2D eigenvalue weighted by molar-refractivity contribution is -0.123. The zero-order valence-electron chi connectivity index (χ0n) is 15.3. The molecule has 0 saturated heterocycles. The van der Waals surface area contributed by atoms with Gasteiger partial charge in [-0.15, -0.1) is 0 Å². The van der Waals surface area contributed by atoms with Gasteiger partial charge in [0.05, 0.1) is 5.56 Å². The van der Waals surface area contributed by atoms with Crippen LogP contribution in [0, 0.1) is 23.6 Å². The summed E-state index contributed by atoms with van der Waals surface area (Å²) >= 11 is 5.63. The molecule has 5 rings (SSSR count). The highest BCUT2D eigenvalue weighted by atomic mass is 35.5. The molecule has 0 aliphatic heterocycles. The molecule has 4 aliphatic rings. The van der Waals surface area contributed by atoms with E-state index in [9.17, 15) is 18.8 Å². The molecule has 8 heteroatoms. The molecule has 4 fully saturated rings. The second-order valence-corrected chi connectivity index (χ2v) is 8.84. The lowest BCUT2D eigenvalue weighted by Gasteiger charge is -2.56. The van der Waals surface area contributed by atoms with Crippen molar-refractivity contribution in [3.8, 4) is 0 Å². The molecular weight excluding hydrogens is 387 g/mol. The lowest BCUT2D eigenvalue weighted by atomic mass is 9.53. The molecule has 4 saturated carbocycles. The highest BCUT2D eigenvalue weighted by molar-refractivity contribution is 6.30. The quantitative estimate of drug-likeness (QED) is 0.747. The summed E-state index contributed by atoms with van der Waals surface area (Å²) in [4.78, 5) is 36.1. The Labute approximate surface area is 167 Å². The van der Waals surface area contributed by atoms with Gasteiger partial charge in [0, 0.05) is 10.6 Å². The number of benzene rings is 1. The Hall–Kier alpha value is -2.15. The first-order valence-corrected chi connectivity index (χ1v) is 9.94. The minimum absolute atomic E-state index is 0.146. The topological polar surface area (TPSA) is 84.5 Å². The molecule has 1 aromatic rings. The molecule has 150 valence electrons. The van der Waals surface area contributed by atoms with Gasteiger partial charge in [0.2, 0.25) is 0 Å². The van der Waals surface area contributed by atoms with Gasteiger partial charge in [0.1, 0.15) is 5.82 Å². The van der Waals surface area contributed by atoms with Crippen LogP contribution in [0.2, 0.25) is 5.02 Å². The fourth-order valence-corrected chi connectivity index (χ4v) is 5.72. The Balaban J connectivity index is 1.27. The van der Waals surface area contributed by atoms with E-state index < -0.39 is 30.3 Å². The number of nitrogens with one attached hydrogen (secondary N) is 2. The van der Waals surface area contributed by atoms with E-state index >= 15 is 0 Å². The predicted molar refractivity (Wildman–Crippen MR) is 99.3 cm³/mol. The Morgan fingerprint density at radius 2 is 1.71 bits per heavy atom. The van der Waals surface area contributed by atoms with Crippen molar-refractivity contribution in [2.75, 3.05) is 6.61 Å². The largest absolute Gasteiger partial charge is 0.452 e. The molecule has 4 bridgehead atoms. The molecule has 0 spiro atoms. The summed E-state index contributed by atoms with van der Waals surface area (Å²) in [6.07, 6.45) is 6.64. The number of ether oxygens (including phenoxy) is 1. The van der Waals surface area contributed by atoms with Crippen LogP contribution in [-0.4, -0.2) is 30.1 Å². The fraction of sp³-hybridized carbons (Fsp3) is 0.550. The molecule has 0 heterocycles. The molecule has 4 aliphatic carbocycles. The number of esters is 1. The second kappa shape index (κ2) is 7.35. The van der Waals surface area contributed by atoms with Crippen LogP contribution in [0.1, 0.15) is 48.9 Å². The van der Waals surface area contributed by atoms with Gasteiger partial charge in [-0.2, -0.15) is 0 Å². The van der Waals surface area contributed by atoms with Crippen LogP contribution in [0.5, 0.6) is 0 Å². The Kier molecular flexibility index (Phi) is 5.04. The third kappa shape index (κ3) is 3.99. The van der Waals surface area contributed by atoms with E-state index in [0.29, 0.717) is 17.8 Å². The van der Waals surface area contributed by atoms with Crippen molar-refractivity contribution in [2.45, 2.75) is 44.1 Å². The molecule has 0 radical (unpaired) electrons. The molecule has 0 aromatic heterocycles. The zero-order chi connectivity index (χ0) is 19.9. The van der Waals surface area contributed by atoms with E-state index in [1.54, 1.807) is 0 Å². The molecular formula is C20H22ClFN2O4. The monoisotopic (exact) mass is 408 g/mol. The minimum Gasteiger partial charge on any atom is -0.452 e. The number of rotatable bonds is 4. The molecule has 3 amide bonds. The number of amides is 3. The number of urea groups is 1. The minimum atomic E-state index is -0.995. The van der Waals surface area contributed by atoms with Crippen molar-refractivity contribution in [1.82, 2.24) is 10.6 Å². The van der Waals surface area contributed by atoms with Crippen LogP contribution in [0.3, 0.4) is 0 Å². The van der Waals surface area contributed by atoms with Crippen molar-refractivity contribution in [2.24, 2.45) is 17.8 Å². The smallest absolute Gasteiger partial charge is 0.341 e. The predicted octanol–water partition coefficient (Wildman–Crippen LogP) is 3.43. The van der Waals surface area contributed by atoms with Crippen molar-refractivity contribution < 1.29 is 23.5 Å². The van der Waals surface area contributed by atoms with E-state index in [1.165, 1.54) is 31.4 Å². The molecule has 2 N–H and O–H groups in total. The highest BCUT2D eigenvalue weighted by Crippen LogP contribution is 2.55. The summed E-state index contributed by atoms with van der Waals surface area (Å²) in [5, 5.41) is 5.35. The number of imide groups is 1. The molecule has 0 atom stereocenters. The highest BCUT2D eigenvalue weighted by Gasteiger charge is 2.51. The SMILES string of the molecule is O=C(COC(=O)c1ccc(Cl)cc1F)NC(=O)NC12CC3CC(CC(C3)C1)C2. The number of halogens is 2. The molecule has 28 heavy (non-hydrogen) atoms. The second-order valence-electron chi connectivity index (χ2n) is 8.40. The van der Waals surface area contributed by atoms with E-state index in [2.05, 4.69) is 10.6 Å². The van der Waals surface area contributed by atoms with Crippen LogP contribution < -0.4 is 10.6 Å². The average Bonchev–Trinajstić information content (AvgIpc) is 2.57. The summed E-state index contributed by atoms with van der Waals surface area (Å²) < 4.78 is 18.5. The zero-order valence-corrected chi connectivity index (χ0v) is 16.1. The maximum Gasteiger partial charge on any atom is 0.341 e. The van der Waals surface area contributed by atoms with Gasteiger partial charge in [-0.3, -0.25) is 10.1 Å². The number of carbonyl (C=O) groups excluding carboxylic acids is 3. The van der Waals surface area contributed by atoms with Crippen LogP contribution in [0.4, 0.5) is 9.18 Å². The van der Waals surface area contributed by atoms with Gasteiger partial charge in [-0.05, 0) is 74.5 Å². The normalized spacial score (nSPS) is 30.0. The van der Waals surface area contributed by atoms with Crippen molar-refractivity contribution >= 4 is 29.5 Å². The van der Waals surface area contributed by atoms with Gasteiger partial charge in [-0.25, -0.2) is 14.0 Å². The van der Waals surface area contributed by atoms with Gasteiger partial charge < -0.3 is 10.1 Å². The van der Waals surface area contributed by atoms with Crippen molar-refractivity contribution in [1.29, 1.82) is 0 Å². The Bertz CT molecular complexity index is 793. The Morgan fingerprint density at radius 1 is 1.11 bits per heavy atom. The van der Waals surface area contributed by atoms with E-state index in [1.807, 2.05) is 0 Å². The number of carbonyl (C=O) groups is 3. The first-order valence-electron chi connectivity index (χ1n) is 9.56. The first-order chi connectivity index (χ1) is 13.3. The van der Waals surface area contributed by atoms with Gasteiger partial charge in [-0.1, -0.05) is 11.6 Å². The summed E-state index contributed by atoms with van der Waals surface area (Å²) in [6, 6.07) is 2.94. The number of hydrogen-bond acceptors (Lipinski definition) is 4. The first kappa shape index (κ1) is 19.2. The summed E-state index contributed by atoms with van der Waals surface area (Å²) in [6.45, 7) is -0.671. The Morgan fingerprint density at radius 3 is 2.29 bits per heavy atom. The maximum atomic E-state index is 13.7. The van der Waals surface area contributed by atoms with Crippen molar-refractivity contribution in [3.63, 3.8) is 0 Å². The summed E-state index contributed by atoms with van der Waals surface area (Å²) in [5.41, 5.74) is -0.544. The number of hydrogen-bond donors (Lipinski definition) is 2. The third-order valence-corrected chi connectivity index (χ3v) is 6.39. The fourth-order valence-electron chi connectivity index (χ4n) is 5.56. The molecule has 1 aromatic carbocycles. The van der Waals surface area contributed by atoms with Crippen molar-refractivity contribution in [3.05, 3.63) is 34.6 Å². The van der Waals surface area contributed by atoms with Gasteiger partial charge in [0.15, 0.2) is 6.61 Å². The molecule has 6 nitrogen and oxygen atoms in total. The van der Waals surface area contributed by atoms with E-state index in [-0.39, 0.29) is 16.1 Å². The van der Waals surface area contributed by atoms with Gasteiger partial charge in [0.25, 0.3) is 5.91 Å². The average molecular weight is 409 g/mol. The van der Waals surface area contributed by atoms with Crippen LogP contribution >= 0.6 is 11.6 Å². The van der Waals surface area contributed by atoms with E-state index in [4.69, 9.17) is 16.3 Å². The van der Waals surface area contributed by atoms with E-state index in [0.717, 1.165) is 25.3 Å². The van der Waals surface area contributed by atoms with Crippen LogP contribution in [0.15, 0.2) is 18.2 Å². The molecule has 0 unspecified atom stereocenters. The van der Waals surface area contributed by atoms with Crippen LogP contribution in [0.25, 0.3) is 0 Å². The standard InChI is InChI=1S/C20H22ClFN2O4/c21-14-1-2-15(16(22)6-14)18(26)28-10-17(25)23-19(27)24-20-7-11-3-12(8-20)5-13(4-11)9-20/h1-2,6,11-13H,3-5,7-10H2,(H2,23,24,25,27). The maximum absolute atomic E-state index is 13.7. The van der Waals surface area contributed by atoms with Gasteiger partial charge >= 0.3 is 12.0 Å². The summed E-state index contributed by atoms with van der Waals surface area (Å²) in [5.74, 6) is -0.597. The lowest BCUT2D eigenvalue weighted by Crippen LogP contribution is -2.62. The third-order valence-electron chi connectivity index (χ3n) is 6.16. The summed E-state index contributed by atoms with van der Waals surface area (Å²) in [7, 11) is 0. The van der Waals surface area contributed by atoms with Crippen LogP contribution in [-0.2, 0) is 9.53 Å².